The van der Waals surface area contributed by atoms with Gasteiger partial charge in [-0.1, -0.05) is 30.3 Å². The van der Waals surface area contributed by atoms with Crippen molar-refractivity contribution in [1.29, 1.82) is 5.26 Å². The van der Waals surface area contributed by atoms with E-state index >= 15 is 0 Å². The Labute approximate surface area is 125 Å². The van der Waals surface area contributed by atoms with Crippen LogP contribution in [-0.2, 0) is 12.0 Å². The van der Waals surface area contributed by atoms with Gasteiger partial charge in [0.15, 0.2) is 0 Å². The predicted octanol–water partition coefficient (Wildman–Crippen LogP) is 2.49. The van der Waals surface area contributed by atoms with Crippen LogP contribution in [0.2, 0.25) is 0 Å². The molecule has 0 spiro atoms. The monoisotopic (exact) mass is 280 g/mol. The van der Waals surface area contributed by atoms with Crippen LogP contribution < -0.4 is 5.32 Å². The summed E-state index contributed by atoms with van der Waals surface area (Å²) in [5.74, 6) is 0. The third-order valence-electron chi connectivity index (χ3n) is 4.29. The Morgan fingerprint density at radius 2 is 2.10 bits per heavy atom. The number of aromatic nitrogens is 2. The van der Waals surface area contributed by atoms with Crippen molar-refractivity contribution >= 4 is 0 Å². The van der Waals surface area contributed by atoms with Crippen LogP contribution >= 0.6 is 0 Å². The molecule has 0 amide bonds. The maximum Gasteiger partial charge on any atom is 0.0852 e. The van der Waals surface area contributed by atoms with Crippen LogP contribution in [0, 0.1) is 11.3 Å². The number of rotatable bonds is 6. The lowest BCUT2D eigenvalue weighted by molar-refractivity contribution is 0.226. The Balaban J connectivity index is 1.43. The topological polar surface area (TPSA) is 53.6 Å². The fourth-order valence-corrected chi connectivity index (χ4v) is 3.05. The molecule has 0 atom stereocenters. The van der Waals surface area contributed by atoms with Gasteiger partial charge in [-0.3, -0.25) is 4.68 Å². The summed E-state index contributed by atoms with van der Waals surface area (Å²) in [7, 11) is 0. The SMILES string of the molecule is N#CC1(c2ccccc2)CC(NCCCn2cccn2)C1. The van der Waals surface area contributed by atoms with Gasteiger partial charge < -0.3 is 5.32 Å². The zero-order chi connectivity index (χ0) is 14.5. The van der Waals surface area contributed by atoms with E-state index in [-0.39, 0.29) is 5.41 Å². The van der Waals surface area contributed by atoms with E-state index in [0.717, 1.165) is 37.9 Å². The molecule has 1 aliphatic carbocycles. The van der Waals surface area contributed by atoms with Crippen molar-refractivity contribution in [2.45, 2.75) is 37.3 Å². The highest BCUT2D eigenvalue weighted by Gasteiger charge is 2.45. The largest absolute Gasteiger partial charge is 0.314 e. The smallest absolute Gasteiger partial charge is 0.0852 e. The standard InChI is InChI=1S/C17H20N4/c18-14-17(15-6-2-1-3-7-15)12-16(13-17)19-8-4-10-21-11-5-9-20-21/h1-3,5-7,9,11,16,19H,4,8,10,12-13H2. The molecule has 1 saturated carbocycles. The lowest BCUT2D eigenvalue weighted by Gasteiger charge is -2.43. The lowest BCUT2D eigenvalue weighted by Crippen LogP contribution is -2.51. The van der Waals surface area contributed by atoms with Crippen molar-refractivity contribution in [3.05, 3.63) is 54.4 Å². The minimum Gasteiger partial charge on any atom is -0.314 e. The molecule has 108 valence electrons. The van der Waals surface area contributed by atoms with Gasteiger partial charge in [-0.2, -0.15) is 10.4 Å². The van der Waals surface area contributed by atoms with Gasteiger partial charge >= 0.3 is 0 Å². The van der Waals surface area contributed by atoms with Crippen molar-refractivity contribution in [2.75, 3.05) is 6.54 Å². The Hall–Kier alpha value is -2.12. The highest BCUT2D eigenvalue weighted by atomic mass is 15.3. The summed E-state index contributed by atoms with van der Waals surface area (Å²) in [6.07, 6.45) is 6.67. The van der Waals surface area contributed by atoms with Crippen molar-refractivity contribution in [3.8, 4) is 6.07 Å². The van der Waals surface area contributed by atoms with Gasteiger partial charge in [-0.15, -0.1) is 0 Å². The van der Waals surface area contributed by atoms with Crippen LogP contribution in [0.3, 0.4) is 0 Å². The van der Waals surface area contributed by atoms with Crippen LogP contribution in [0.15, 0.2) is 48.8 Å². The van der Waals surface area contributed by atoms with Crippen molar-refractivity contribution in [1.82, 2.24) is 15.1 Å². The molecule has 1 heterocycles. The van der Waals surface area contributed by atoms with E-state index in [1.807, 2.05) is 35.1 Å². The molecule has 1 aromatic carbocycles. The molecule has 1 aromatic heterocycles. The minimum absolute atomic E-state index is 0.277. The number of aryl methyl sites for hydroxylation is 1. The second kappa shape index (κ2) is 6.11. The Kier molecular flexibility index (Phi) is 4.03. The van der Waals surface area contributed by atoms with Gasteiger partial charge in [0.2, 0.25) is 0 Å². The second-order valence-electron chi connectivity index (χ2n) is 5.74. The summed E-state index contributed by atoms with van der Waals surface area (Å²) < 4.78 is 1.95. The molecule has 0 saturated heterocycles. The van der Waals surface area contributed by atoms with E-state index in [1.165, 1.54) is 0 Å². The molecule has 0 bridgehead atoms. The molecule has 2 aromatic rings. The highest BCUT2D eigenvalue weighted by Crippen LogP contribution is 2.43. The van der Waals surface area contributed by atoms with Crippen LogP contribution in [0.4, 0.5) is 0 Å². The normalized spacial score (nSPS) is 24.2. The third-order valence-corrected chi connectivity index (χ3v) is 4.29. The Bertz CT molecular complexity index is 591. The van der Waals surface area contributed by atoms with Crippen LogP contribution in [0.5, 0.6) is 0 Å². The zero-order valence-corrected chi connectivity index (χ0v) is 12.1. The van der Waals surface area contributed by atoms with Crippen LogP contribution in [-0.4, -0.2) is 22.4 Å². The summed E-state index contributed by atoms with van der Waals surface area (Å²) >= 11 is 0. The first-order valence-electron chi connectivity index (χ1n) is 7.50. The number of nitrogens with zero attached hydrogens (tertiary/aromatic N) is 3. The fraction of sp³-hybridized carbons (Fsp3) is 0.412. The maximum atomic E-state index is 9.51. The fourth-order valence-electron chi connectivity index (χ4n) is 3.05. The van der Waals surface area contributed by atoms with E-state index in [2.05, 4.69) is 28.6 Å². The molecule has 0 aliphatic heterocycles. The van der Waals surface area contributed by atoms with Gasteiger partial charge in [0.1, 0.15) is 0 Å². The first-order chi connectivity index (χ1) is 10.3. The third kappa shape index (κ3) is 2.98. The molecular weight excluding hydrogens is 260 g/mol. The number of hydrogen-bond donors (Lipinski definition) is 1. The number of hydrogen-bond acceptors (Lipinski definition) is 3. The van der Waals surface area contributed by atoms with E-state index in [1.54, 1.807) is 6.20 Å². The quantitative estimate of drug-likeness (QED) is 0.827. The summed E-state index contributed by atoms with van der Waals surface area (Å²) in [5.41, 5.74) is 0.878. The van der Waals surface area contributed by atoms with Crippen LogP contribution in [0.1, 0.15) is 24.8 Å². The van der Waals surface area contributed by atoms with Gasteiger partial charge in [0.05, 0.1) is 11.5 Å². The first kappa shape index (κ1) is 13.8. The first-order valence-corrected chi connectivity index (χ1v) is 7.50. The number of benzene rings is 1. The molecule has 1 fully saturated rings. The average Bonchev–Trinajstić information content (AvgIpc) is 3.00. The molecular formula is C17H20N4. The van der Waals surface area contributed by atoms with Crippen LogP contribution in [0.25, 0.3) is 0 Å². The molecule has 4 heteroatoms. The summed E-state index contributed by atoms with van der Waals surface area (Å²) in [6.45, 7) is 1.91. The van der Waals surface area contributed by atoms with E-state index in [0.29, 0.717) is 6.04 Å². The molecule has 1 aliphatic rings. The highest BCUT2D eigenvalue weighted by molar-refractivity contribution is 5.36. The average molecular weight is 280 g/mol. The van der Waals surface area contributed by atoms with Gasteiger partial charge in [-0.25, -0.2) is 0 Å². The second-order valence-corrected chi connectivity index (χ2v) is 5.74. The van der Waals surface area contributed by atoms with E-state index < -0.39 is 0 Å². The molecule has 21 heavy (non-hydrogen) atoms. The summed E-state index contributed by atoms with van der Waals surface area (Å²) in [6, 6.07) is 15.1. The van der Waals surface area contributed by atoms with Crippen molar-refractivity contribution in [3.63, 3.8) is 0 Å². The van der Waals surface area contributed by atoms with Gasteiger partial charge in [0.25, 0.3) is 0 Å². The Morgan fingerprint density at radius 1 is 1.29 bits per heavy atom. The lowest BCUT2D eigenvalue weighted by atomic mass is 9.62. The molecule has 4 nitrogen and oxygen atoms in total. The zero-order valence-electron chi connectivity index (χ0n) is 12.1. The summed E-state index contributed by atoms with van der Waals surface area (Å²) in [5, 5.41) is 17.3. The summed E-state index contributed by atoms with van der Waals surface area (Å²) in [4.78, 5) is 0. The maximum absolute atomic E-state index is 9.51. The predicted molar refractivity (Wildman–Crippen MR) is 81.6 cm³/mol. The molecule has 0 radical (unpaired) electrons. The van der Waals surface area contributed by atoms with Crippen molar-refractivity contribution < 1.29 is 0 Å². The minimum atomic E-state index is -0.277. The number of nitrogens with one attached hydrogen (secondary N) is 1. The molecule has 3 rings (SSSR count). The molecule has 0 unspecified atom stereocenters. The molecule has 1 N–H and O–H groups in total. The van der Waals surface area contributed by atoms with Crippen molar-refractivity contribution in [2.24, 2.45) is 0 Å². The Morgan fingerprint density at radius 3 is 2.76 bits per heavy atom. The van der Waals surface area contributed by atoms with Gasteiger partial charge in [-0.05, 0) is 37.4 Å². The van der Waals surface area contributed by atoms with E-state index in [9.17, 15) is 5.26 Å². The number of nitriles is 1. The van der Waals surface area contributed by atoms with Gasteiger partial charge in [0, 0.05) is 25.0 Å². The van der Waals surface area contributed by atoms with E-state index in [4.69, 9.17) is 0 Å².